The highest BCUT2D eigenvalue weighted by Gasteiger charge is 2.15. The van der Waals surface area contributed by atoms with Gasteiger partial charge in [-0.05, 0) is 42.0 Å². The molecule has 6 rings (SSSR count). The average Bonchev–Trinajstić information content (AvgIpc) is 3.48. The van der Waals surface area contributed by atoms with Crippen LogP contribution in [0.5, 0.6) is 0 Å². The molecule has 0 saturated carbocycles. The van der Waals surface area contributed by atoms with Crippen LogP contribution in [0.15, 0.2) is 97.7 Å². The lowest BCUT2D eigenvalue weighted by atomic mass is 10.0. The molecule has 0 radical (unpaired) electrons. The second-order valence-corrected chi connectivity index (χ2v) is 7.66. The number of hydrogen-bond acceptors (Lipinski definition) is 4. The lowest BCUT2D eigenvalue weighted by Gasteiger charge is -2.05. The predicted octanol–water partition coefficient (Wildman–Crippen LogP) is 5.19. The van der Waals surface area contributed by atoms with Gasteiger partial charge in [0.1, 0.15) is 5.65 Å². The van der Waals surface area contributed by atoms with Crippen molar-refractivity contribution in [3.05, 3.63) is 103 Å². The Balaban J connectivity index is 1.38. The topological polar surface area (TPSA) is 88.0 Å². The third-order valence-corrected chi connectivity index (χ3v) is 5.60. The van der Waals surface area contributed by atoms with Crippen LogP contribution in [0.4, 0.5) is 5.69 Å². The fourth-order valence-electron chi connectivity index (χ4n) is 3.97. The quantitative estimate of drug-likeness (QED) is 0.403. The van der Waals surface area contributed by atoms with Crippen molar-refractivity contribution in [2.75, 3.05) is 5.32 Å². The van der Waals surface area contributed by atoms with Crippen LogP contribution in [0.2, 0.25) is 0 Å². The van der Waals surface area contributed by atoms with Crippen LogP contribution in [0.1, 0.15) is 10.4 Å². The Labute approximate surface area is 188 Å². The SMILES string of the molecule is O=C(Nc1cccnc1)c1cnn2ccc(-c3c[nH]c4nc(-c5ccccc5)ccc34)cc12. The van der Waals surface area contributed by atoms with Crippen molar-refractivity contribution in [2.24, 2.45) is 0 Å². The highest BCUT2D eigenvalue weighted by molar-refractivity contribution is 6.09. The van der Waals surface area contributed by atoms with Crippen molar-refractivity contribution < 1.29 is 4.79 Å². The molecule has 158 valence electrons. The second-order valence-electron chi connectivity index (χ2n) is 7.66. The van der Waals surface area contributed by atoms with E-state index in [9.17, 15) is 4.79 Å². The molecule has 7 heteroatoms. The van der Waals surface area contributed by atoms with Gasteiger partial charge in [0.05, 0.1) is 34.9 Å². The zero-order valence-corrected chi connectivity index (χ0v) is 17.4. The Hall–Kier alpha value is -4.78. The van der Waals surface area contributed by atoms with Gasteiger partial charge < -0.3 is 10.3 Å². The molecule has 1 aromatic carbocycles. The fraction of sp³-hybridized carbons (Fsp3) is 0. The van der Waals surface area contributed by atoms with Gasteiger partial charge in [-0.2, -0.15) is 5.10 Å². The summed E-state index contributed by atoms with van der Waals surface area (Å²) in [5, 5.41) is 8.22. The molecular weight excluding hydrogens is 412 g/mol. The molecule has 0 fully saturated rings. The molecule has 33 heavy (non-hydrogen) atoms. The number of carbonyl (C=O) groups excluding carboxylic acids is 1. The molecule has 0 spiro atoms. The summed E-state index contributed by atoms with van der Waals surface area (Å²) in [6, 6.07) is 21.7. The minimum absolute atomic E-state index is 0.233. The van der Waals surface area contributed by atoms with Gasteiger partial charge >= 0.3 is 0 Å². The third-order valence-electron chi connectivity index (χ3n) is 5.60. The van der Waals surface area contributed by atoms with Gasteiger partial charge in [-0.3, -0.25) is 9.78 Å². The van der Waals surface area contributed by atoms with Gasteiger partial charge in [0.15, 0.2) is 0 Å². The molecule has 5 aromatic heterocycles. The Morgan fingerprint density at radius 3 is 2.70 bits per heavy atom. The second kappa shape index (κ2) is 7.72. The number of hydrogen-bond donors (Lipinski definition) is 2. The minimum atomic E-state index is -0.233. The zero-order chi connectivity index (χ0) is 22.2. The Kier molecular flexibility index (Phi) is 4.43. The molecule has 6 aromatic rings. The highest BCUT2D eigenvalue weighted by Crippen LogP contribution is 2.31. The average molecular weight is 430 g/mol. The van der Waals surface area contributed by atoms with Crippen LogP contribution in [0, 0.1) is 0 Å². The van der Waals surface area contributed by atoms with Crippen LogP contribution in [-0.2, 0) is 0 Å². The van der Waals surface area contributed by atoms with Crippen molar-refractivity contribution in [1.29, 1.82) is 0 Å². The number of nitrogens with one attached hydrogen (secondary N) is 2. The first-order valence-electron chi connectivity index (χ1n) is 10.5. The molecule has 0 bridgehead atoms. The first kappa shape index (κ1) is 18.9. The number of anilines is 1. The van der Waals surface area contributed by atoms with Crippen molar-refractivity contribution in [2.45, 2.75) is 0 Å². The molecule has 2 N–H and O–H groups in total. The summed E-state index contributed by atoms with van der Waals surface area (Å²) in [6.45, 7) is 0. The van der Waals surface area contributed by atoms with Crippen LogP contribution >= 0.6 is 0 Å². The maximum atomic E-state index is 12.9. The summed E-state index contributed by atoms with van der Waals surface area (Å²) in [5.41, 5.74) is 6.63. The van der Waals surface area contributed by atoms with E-state index in [4.69, 9.17) is 4.98 Å². The summed E-state index contributed by atoms with van der Waals surface area (Å²) in [5.74, 6) is -0.233. The smallest absolute Gasteiger partial charge is 0.259 e. The Bertz CT molecular complexity index is 1600. The van der Waals surface area contributed by atoms with Crippen LogP contribution in [-0.4, -0.2) is 30.5 Å². The van der Waals surface area contributed by atoms with E-state index in [1.165, 1.54) is 0 Å². The number of fused-ring (bicyclic) bond motifs is 2. The summed E-state index contributed by atoms with van der Waals surface area (Å²) in [7, 11) is 0. The monoisotopic (exact) mass is 430 g/mol. The van der Waals surface area contributed by atoms with E-state index in [0.29, 0.717) is 11.3 Å². The molecule has 0 unspecified atom stereocenters. The number of amides is 1. The van der Waals surface area contributed by atoms with Crippen molar-refractivity contribution in [1.82, 2.24) is 24.6 Å². The number of aromatic amines is 1. The van der Waals surface area contributed by atoms with E-state index < -0.39 is 0 Å². The molecule has 0 aliphatic heterocycles. The lowest BCUT2D eigenvalue weighted by Crippen LogP contribution is -2.11. The number of nitrogens with zero attached hydrogens (tertiary/aromatic N) is 4. The molecule has 7 nitrogen and oxygen atoms in total. The van der Waals surface area contributed by atoms with Gasteiger partial charge in [-0.15, -0.1) is 0 Å². The van der Waals surface area contributed by atoms with Crippen molar-refractivity contribution in [3.63, 3.8) is 0 Å². The van der Waals surface area contributed by atoms with Gasteiger partial charge in [0.25, 0.3) is 5.91 Å². The van der Waals surface area contributed by atoms with Gasteiger partial charge in [-0.1, -0.05) is 30.3 Å². The highest BCUT2D eigenvalue weighted by atomic mass is 16.1. The van der Waals surface area contributed by atoms with Crippen molar-refractivity contribution >= 4 is 28.1 Å². The molecule has 0 aliphatic rings. The summed E-state index contributed by atoms with van der Waals surface area (Å²) >= 11 is 0. The molecular formula is C26H18N6O. The number of benzene rings is 1. The van der Waals surface area contributed by atoms with E-state index in [2.05, 4.69) is 26.4 Å². The fourth-order valence-corrected chi connectivity index (χ4v) is 3.97. The number of rotatable bonds is 4. The van der Waals surface area contributed by atoms with Gasteiger partial charge in [-0.25, -0.2) is 9.50 Å². The lowest BCUT2D eigenvalue weighted by molar-refractivity contribution is 0.102. The van der Waals surface area contributed by atoms with Gasteiger partial charge in [0, 0.05) is 35.1 Å². The normalized spacial score (nSPS) is 11.2. The predicted molar refractivity (Wildman–Crippen MR) is 128 cm³/mol. The summed E-state index contributed by atoms with van der Waals surface area (Å²) < 4.78 is 1.70. The summed E-state index contributed by atoms with van der Waals surface area (Å²) in [6.07, 6.45) is 8.65. The maximum Gasteiger partial charge on any atom is 0.259 e. The standard InChI is InChI=1S/C26H18N6O/c33-26(30-19-7-4-11-27-14-19)22-16-29-32-12-10-18(13-24(22)32)21-15-28-25-20(21)8-9-23(31-25)17-5-2-1-3-6-17/h1-16H,(H,28,31)(H,30,33). The van der Waals surface area contributed by atoms with E-state index in [0.717, 1.165) is 38.9 Å². The molecule has 0 saturated heterocycles. The molecule has 0 atom stereocenters. The number of carbonyl (C=O) groups is 1. The maximum absolute atomic E-state index is 12.9. The van der Waals surface area contributed by atoms with E-state index in [1.807, 2.05) is 60.9 Å². The van der Waals surface area contributed by atoms with E-state index in [1.54, 1.807) is 35.2 Å². The van der Waals surface area contributed by atoms with Crippen molar-refractivity contribution in [3.8, 4) is 22.4 Å². The summed E-state index contributed by atoms with van der Waals surface area (Å²) in [4.78, 5) is 25.0. The number of H-pyrrole nitrogens is 1. The van der Waals surface area contributed by atoms with E-state index in [-0.39, 0.29) is 5.91 Å². The number of pyridine rings is 3. The largest absolute Gasteiger partial charge is 0.345 e. The zero-order valence-electron chi connectivity index (χ0n) is 17.4. The first-order valence-corrected chi connectivity index (χ1v) is 10.5. The van der Waals surface area contributed by atoms with E-state index >= 15 is 0 Å². The van der Waals surface area contributed by atoms with Crippen LogP contribution in [0.3, 0.4) is 0 Å². The Morgan fingerprint density at radius 2 is 1.85 bits per heavy atom. The molecule has 5 heterocycles. The molecule has 1 amide bonds. The van der Waals surface area contributed by atoms with Crippen LogP contribution < -0.4 is 5.32 Å². The first-order chi connectivity index (χ1) is 16.3. The minimum Gasteiger partial charge on any atom is -0.345 e. The number of aromatic nitrogens is 5. The van der Waals surface area contributed by atoms with Crippen LogP contribution in [0.25, 0.3) is 38.9 Å². The van der Waals surface area contributed by atoms with Gasteiger partial charge in [0.2, 0.25) is 0 Å². The Morgan fingerprint density at radius 1 is 0.939 bits per heavy atom. The third kappa shape index (κ3) is 3.41. The molecule has 0 aliphatic carbocycles.